The molecule has 1 aromatic rings. The molecular weight excluding hydrogens is 288 g/mol. The van der Waals surface area contributed by atoms with Crippen molar-refractivity contribution in [3.05, 3.63) is 40.3 Å². The molecule has 0 radical (unpaired) electrons. The van der Waals surface area contributed by atoms with Crippen molar-refractivity contribution in [3.8, 4) is 0 Å². The van der Waals surface area contributed by atoms with Crippen molar-refractivity contribution in [1.29, 1.82) is 0 Å². The second kappa shape index (κ2) is 7.33. The van der Waals surface area contributed by atoms with Crippen LogP contribution in [0.2, 0.25) is 0 Å². The minimum atomic E-state index is -0.459. The molecule has 1 amide bonds. The number of ether oxygens (including phenoxy) is 2. The molecule has 1 atom stereocenters. The lowest BCUT2D eigenvalue weighted by Gasteiger charge is -2.13. The molecule has 1 aromatic carbocycles. The third kappa shape index (κ3) is 4.13. The summed E-state index contributed by atoms with van der Waals surface area (Å²) in [6.07, 6.45) is -0.274. The highest BCUT2D eigenvalue weighted by atomic mass is 16.6. The Kier molecular flexibility index (Phi) is 5.21. The molecule has 2 rings (SSSR count). The highest BCUT2D eigenvalue weighted by Crippen LogP contribution is 2.22. The average Bonchev–Trinajstić information content (AvgIpc) is 2.87. The molecule has 0 bridgehead atoms. The second-order valence-electron chi connectivity index (χ2n) is 4.79. The van der Waals surface area contributed by atoms with E-state index in [1.54, 1.807) is 12.1 Å². The van der Waals surface area contributed by atoms with Gasteiger partial charge >= 0.3 is 12.1 Å². The van der Waals surface area contributed by atoms with Gasteiger partial charge in [0.15, 0.2) is 6.10 Å². The van der Waals surface area contributed by atoms with Crippen LogP contribution in [0.1, 0.15) is 12.5 Å². The summed E-state index contributed by atoms with van der Waals surface area (Å²) in [5.41, 5.74) is 9.96. The number of cyclic esters (lactones) is 1. The molecule has 1 heterocycles. The van der Waals surface area contributed by atoms with Gasteiger partial charge in [-0.15, -0.1) is 0 Å². The van der Waals surface area contributed by atoms with E-state index in [0.29, 0.717) is 25.2 Å². The fourth-order valence-electron chi connectivity index (χ4n) is 2.10. The van der Waals surface area contributed by atoms with Gasteiger partial charge in [-0.3, -0.25) is 9.69 Å². The smallest absolute Gasteiger partial charge is 0.414 e. The summed E-state index contributed by atoms with van der Waals surface area (Å²) in [6.45, 7) is 2.10. The summed E-state index contributed by atoms with van der Waals surface area (Å²) in [5.74, 6) is -0.404. The Bertz CT molecular complexity index is 595. The molecule has 0 aromatic heterocycles. The molecule has 0 N–H and O–H groups in total. The number of amides is 1. The fourth-order valence-corrected chi connectivity index (χ4v) is 2.10. The van der Waals surface area contributed by atoms with E-state index in [1.165, 1.54) is 11.8 Å². The molecule has 0 spiro atoms. The van der Waals surface area contributed by atoms with E-state index < -0.39 is 18.2 Å². The Morgan fingerprint density at radius 2 is 2.23 bits per heavy atom. The van der Waals surface area contributed by atoms with Crippen LogP contribution in [0.5, 0.6) is 0 Å². The maximum absolute atomic E-state index is 11.8. The number of anilines is 1. The molecule has 0 unspecified atom stereocenters. The van der Waals surface area contributed by atoms with Gasteiger partial charge in [-0.1, -0.05) is 17.2 Å². The van der Waals surface area contributed by atoms with Crippen LogP contribution in [-0.4, -0.2) is 37.9 Å². The largest absolute Gasteiger partial charge is 0.462 e. The van der Waals surface area contributed by atoms with Crippen LogP contribution < -0.4 is 4.90 Å². The van der Waals surface area contributed by atoms with E-state index in [2.05, 4.69) is 10.0 Å². The predicted molar refractivity (Wildman–Crippen MR) is 78.4 cm³/mol. The van der Waals surface area contributed by atoms with Gasteiger partial charge in [0.2, 0.25) is 0 Å². The first-order valence-corrected chi connectivity index (χ1v) is 6.81. The molecule has 8 nitrogen and oxygen atoms in total. The lowest BCUT2D eigenvalue weighted by molar-refractivity contribution is -0.143. The Morgan fingerprint density at radius 1 is 1.50 bits per heavy atom. The van der Waals surface area contributed by atoms with Crippen LogP contribution in [0.15, 0.2) is 29.4 Å². The predicted octanol–water partition coefficient (Wildman–Crippen LogP) is 2.43. The van der Waals surface area contributed by atoms with Gasteiger partial charge in [-0.2, -0.15) is 0 Å². The lowest BCUT2D eigenvalue weighted by Crippen LogP contribution is -2.26. The van der Waals surface area contributed by atoms with E-state index in [4.69, 9.17) is 15.0 Å². The number of carbonyl (C=O) groups is 2. The highest BCUT2D eigenvalue weighted by molar-refractivity contribution is 5.89. The zero-order valence-corrected chi connectivity index (χ0v) is 12.1. The van der Waals surface area contributed by atoms with Gasteiger partial charge in [0, 0.05) is 24.1 Å². The minimum Gasteiger partial charge on any atom is -0.462 e. The summed E-state index contributed by atoms with van der Waals surface area (Å²) in [5, 5.41) is 3.48. The van der Waals surface area contributed by atoms with Crippen LogP contribution in [-0.2, 0) is 20.7 Å². The molecule has 0 aliphatic carbocycles. The minimum absolute atomic E-state index is 0.0574. The summed E-state index contributed by atoms with van der Waals surface area (Å²) in [6, 6.07) is 7.35. The SMILES string of the molecule is CC(=O)OC[C@H]1CN(c2ccc(CCN=[N+]=[N-])cc2)C(=O)O1. The molecular formula is C14H16N4O4. The van der Waals surface area contributed by atoms with Crippen molar-refractivity contribution in [2.45, 2.75) is 19.4 Å². The topological polar surface area (TPSA) is 105 Å². The van der Waals surface area contributed by atoms with Crippen molar-refractivity contribution < 1.29 is 19.1 Å². The van der Waals surface area contributed by atoms with Crippen molar-refractivity contribution in [2.75, 3.05) is 24.6 Å². The maximum atomic E-state index is 11.8. The first kappa shape index (κ1) is 15.7. The van der Waals surface area contributed by atoms with Gasteiger partial charge in [0.1, 0.15) is 6.61 Å². The zero-order chi connectivity index (χ0) is 15.9. The Labute approximate surface area is 127 Å². The molecule has 1 aliphatic heterocycles. The second-order valence-corrected chi connectivity index (χ2v) is 4.79. The number of esters is 1. The number of azide groups is 1. The van der Waals surface area contributed by atoms with E-state index in [0.717, 1.165) is 5.56 Å². The third-order valence-corrected chi connectivity index (χ3v) is 3.16. The number of hydrogen-bond donors (Lipinski definition) is 0. The molecule has 116 valence electrons. The first-order chi connectivity index (χ1) is 10.6. The van der Waals surface area contributed by atoms with Gasteiger partial charge < -0.3 is 9.47 Å². The number of carbonyl (C=O) groups excluding carboxylic acids is 2. The molecule has 8 heteroatoms. The zero-order valence-electron chi connectivity index (χ0n) is 12.1. The van der Waals surface area contributed by atoms with Gasteiger partial charge in [-0.25, -0.2) is 4.79 Å². The van der Waals surface area contributed by atoms with Crippen LogP contribution in [0.4, 0.5) is 10.5 Å². The quantitative estimate of drug-likeness (QED) is 0.348. The van der Waals surface area contributed by atoms with Crippen molar-refractivity contribution in [1.82, 2.24) is 0 Å². The van der Waals surface area contributed by atoms with Crippen molar-refractivity contribution in [2.24, 2.45) is 5.11 Å². The molecule has 22 heavy (non-hydrogen) atoms. The van der Waals surface area contributed by atoms with Gasteiger partial charge in [-0.05, 0) is 29.6 Å². The standard InChI is InChI=1S/C14H16N4O4/c1-10(19)21-9-13-8-18(14(20)22-13)12-4-2-11(3-5-12)6-7-16-17-15/h2-5,13H,6-9H2,1H3/t13-/m1/s1. The summed E-state index contributed by atoms with van der Waals surface area (Å²) < 4.78 is 9.99. The van der Waals surface area contributed by atoms with Crippen LogP contribution >= 0.6 is 0 Å². The van der Waals surface area contributed by atoms with E-state index in [-0.39, 0.29) is 6.61 Å². The highest BCUT2D eigenvalue weighted by Gasteiger charge is 2.32. The summed E-state index contributed by atoms with van der Waals surface area (Å²) >= 11 is 0. The van der Waals surface area contributed by atoms with Crippen LogP contribution in [0.3, 0.4) is 0 Å². The van der Waals surface area contributed by atoms with Crippen molar-refractivity contribution in [3.63, 3.8) is 0 Å². The fraction of sp³-hybridized carbons (Fsp3) is 0.429. The van der Waals surface area contributed by atoms with Crippen LogP contribution in [0.25, 0.3) is 10.4 Å². The first-order valence-electron chi connectivity index (χ1n) is 6.81. The molecule has 1 aliphatic rings. The third-order valence-electron chi connectivity index (χ3n) is 3.16. The number of nitrogens with zero attached hydrogens (tertiary/aromatic N) is 4. The maximum Gasteiger partial charge on any atom is 0.414 e. The Hall–Kier alpha value is -2.73. The molecule has 1 fully saturated rings. The lowest BCUT2D eigenvalue weighted by atomic mass is 10.1. The van der Waals surface area contributed by atoms with Crippen molar-refractivity contribution >= 4 is 17.7 Å². The monoisotopic (exact) mass is 304 g/mol. The van der Waals surface area contributed by atoms with Gasteiger partial charge in [0.05, 0.1) is 6.54 Å². The summed E-state index contributed by atoms with van der Waals surface area (Å²) in [7, 11) is 0. The molecule has 0 saturated carbocycles. The van der Waals surface area contributed by atoms with E-state index >= 15 is 0 Å². The average molecular weight is 304 g/mol. The van der Waals surface area contributed by atoms with E-state index in [9.17, 15) is 9.59 Å². The summed E-state index contributed by atoms with van der Waals surface area (Å²) in [4.78, 5) is 26.8. The Balaban J connectivity index is 1.95. The number of hydrogen-bond acceptors (Lipinski definition) is 5. The normalized spacial score (nSPS) is 16.9. The Morgan fingerprint density at radius 3 is 2.86 bits per heavy atom. The number of benzene rings is 1. The number of rotatable bonds is 6. The molecule has 1 saturated heterocycles. The van der Waals surface area contributed by atoms with Gasteiger partial charge in [0.25, 0.3) is 0 Å². The van der Waals surface area contributed by atoms with Crippen LogP contribution in [0, 0.1) is 0 Å². The van der Waals surface area contributed by atoms with E-state index in [1.807, 2.05) is 12.1 Å².